The molecule has 1 fully saturated rings. The lowest BCUT2D eigenvalue weighted by atomic mass is 9.93. The summed E-state index contributed by atoms with van der Waals surface area (Å²) in [5.74, 6) is 0. The highest BCUT2D eigenvalue weighted by atomic mass is 19.4. The minimum atomic E-state index is -4.35. The largest absolute Gasteiger partial charge is 0.416 e. The van der Waals surface area contributed by atoms with Crippen molar-refractivity contribution in [3.05, 3.63) is 34.9 Å². The van der Waals surface area contributed by atoms with E-state index in [9.17, 15) is 18.0 Å². The van der Waals surface area contributed by atoms with E-state index >= 15 is 0 Å². The van der Waals surface area contributed by atoms with Crippen LogP contribution < -0.4 is 0 Å². The first-order chi connectivity index (χ1) is 7.39. The van der Waals surface area contributed by atoms with Crippen molar-refractivity contribution in [3.63, 3.8) is 0 Å². The van der Waals surface area contributed by atoms with Crippen LogP contribution in [0.3, 0.4) is 0 Å². The molecular formula is C12H11F3O. The summed E-state index contributed by atoms with van der Waals surface area (Å²) >= 11 is 0. The van der Waals surface area contributed by atoms with Crippen LogP contribution in [0.1, 0.15) is 29.5 Å². The number of aryl methyl sites for hydroxylation is 1. The first-order valence-electron chi connectivity index (χ1n) is 5.04. The van der Waals surface area contributed by atoms with Crippen molar-refractivity contribution in [2.75, 3.05) is 0 Å². The number of aldehydes is 1. The van der Waals surface area contributed by atoms with Gasteiger partial charge in [0.25, 0.3) is 0 Å². The van der Waals surface area contributed by atoms with Crippen LogP contribution in [-0.4, -0.2) is 6.29 Å². The summed E-state index contributed by atoms with van der Waals surface area (Å²) in [6.07, 6.45) is -2.29. The van der Waals surface area contributed by atoms with Crippen LogP contribution in [0.15, 0.2) is 18.2 Å². The van der Waals surface area contributed by atoms with Gasteiger partial charge in [-0.25, -0.2) is 0 Å². The fourth-order valence-corrected chi connectivity index (χ4v) is 1.85. The lowest BCUT2D eigenvalue weighted by molar-refractivity contribution is -0.138. The van der Waals surface area contributed by atoms with E-state index in [2.05, 4.69) is 0 Å². The van der Waals surface area contributed by atoms with Crippen molar-refractivity contribution < 1.29 is 18.0 Å². The van der Waals surface area contributed by atoms with Gasteiger partial charge in [-0.05, 0) is 37.0 Å². The summed E-state index contributed by atoms with van der Waals surface area (Å²) in [7, 11) is 0. The van der Waals surface area contributed by atoms with Gasteiger partial charge in [0.05, 0.1) is 11.0 Å². The fourth-order valence-electron chi connectivity index (χ4n) is 1.85. The molecule has 1 aliphatic rings. The van der Waals surface area contributed by atoms with Crippen LogP contribution in [0, 0.1) is 6.92 Å². The first kappa shape index (κ1) is 11.2. The molecule has 0 atom stereocenters. The molecule has 1 aromatic carbocycles. The zero-order valence-electron chi connectivity index (χ0n) is 8.77. The zero-order chi connectivity index (χ0) is 12.0. The lowest BCUT2D eigenvalue weighted by Crippen LogP contribution is -2.13. The minimum absolute atomic E-state index is 0.193. The average molecular weight is 228 g/mol. The third-order valence-corrected chi connectivity index (χ3v) is 3.13. The molecule has 4 heteroatoms. The molecule has 2 rings (SSSR count). The molecule has 16 heavy (non-hydrogen) atoms. The summed E-state index contributed by atoms with van der Waals surface area (Å²) in [4.78, 5) is 10.9. The van der Waals surface area contributed by atoms with E-state index < -0.39 is 17.2 Å². The van der Waals surface area contributed by atoms with E-state index in [1.165, 1.54) is 13.0 Å². The Kier molecular flexibility index (Phi) is 2.33. The normalized spacial score (nSPS) is 18.2. The zero-order valence-corrected chi connectivity index (χ0v) is 8.77. The van der Waals surface area contributed by atoms with Crippen LogP contribution in [0.25, 0.3) is 0 Å². The van der Waals surface area contributed by atoms with Gasteiger partial charge >= 0.3 is 6.18 Å². The fraction of sp³-hybridized carbons (Fsp3) is 0.417. The second-order valence-electron chi connectivity index (χ2n) is 4.30. The molecule has 0 aliphatic heterocycles. The molecule has 1 aliphatic carbocycles. The summed E-state index contributed by atoms with van der Waals surface area (Å²) in [5.41, 5.74) is -0.607. The Bertz CT molecular complexity index is 430. The molecule has 0 bridgehead atoms. The maximum Gasteiger partial charge on any atom is 0.416 e. The number of benzene rings is 1. The van der Waals surface area contributed by atoms with Gasteiger partial charge in [0.2, 0.25) is 0 Å². The van der Waals surface area contributed by atoms with Crippen LogP contribution in [-0.2, 0) is 16.4 Å². The molecular weight excluding hydrogens is 217 g/mol. The van der Waals surface area contributed by atoms with Crippen molar-refractivity contribution in [2.24, 2.45) is 0 Å². The van der Waals surface area contributed by atoms with Gasteiger partial charge in [-0.2, -0.15) is 13.2 Å². The minimum Gasteiger partial charge on any atom is -0.302 e. The monoisotopic (exact) mass is 228 g/mol. The molecule has 0 heterocycles. The maximum absolute atomic E-state index is 12.7. The van der Waals surface area contributed by atoms with Crippen molar-refractivity contribution in [1.29, 1.82) is 0 Å². The number of halogens is 3. The quantitative estimate of drug-likeness (QED) is 0.710. The van der Waals surface area contributed by atoms with Crippen LogP contribution >= 0.6 is 0 Å². The standard InChI is InChI=1S/C12H11F3O/c1-8-2-3-9(11(7-16)4-5-11)6-10(8)12(13,14)15/h2-3,6-7H,4-5H2,1H3. The van der Waals surface area contributed by atoms with Gasteiger partial charge in [0.15, 0.2) is 0 Å². The van der Waals surface area contributed by atoms with Crippen molar-refractivity contribution in [2.45, 2.75) is 31.4 Å². The third-order valence-electron chi connectivity index (χ3n) is 3.13. The molecule has 86 valence electrons. The number of rotatable bonds is 2. The van der Waals surface area contributed by atoms with Gasteiger partial charge in [-0.3, -0.25) is 0 Å². The highest BCUT2D eigenvalue weighted by Gasteiger charge is 2.45. The Hall–Kier alpha value is -1.32. The highest BCUT2D eigenvalue weighted by molar-refractivity contribution is 5.73. The smallest absolute Gasteiger partial charge is 0.302 e. The molecule has 0 spiro atoms. The van der Waals surface area contributed by atoms with Gasteiger partial charge < -0.3 is 4.79 Å². The van der Waals surface area contributed by atoms with E-state index in [0.29, 0.717) is 18.4 Å². The van der Waals surface area contributed by atoms with Crippen LogP contribution in [0.2, 0.25) is 0 Å². The van der Waals surface area contributed by atoms with Crippen molar-refractivity contribution in [3.8, 4) is 0 Å². The predicted molar refractivity (Wildman–Crippen MR) is 53.2 cm³/mol. The SMILES string of the molecule is Cc1ccc(C2(C=O)CC2)cc1C(F)(F)F. The van der Waals surface area contributed by atoms with Gasteiger partial charge in [-0.15, -0.1) is 0 Å². The predicted octanol–water partition coefficient (Wildman–Crippen LogP) is 3.24. The highest BCUT2D eigenvalue weighted by Crippen LogP contribution is 2.47. The molecule has 1 aromatic rings. The average Bonchev–Trinajstić information content (AvgIpc) is 2.97. The molecule has 0 N–H and O–H groups in total. The van der Waals surface area contributed by atoms with Gasteiger partial charge in [-0.1, -0.05) is 12.1 Å². The van der Waals surface area contributed by atoms with E-state index in [0.717, 1.165) is 12.4 Å². The second-order valence-corrected chi connectivity index (χ2v) is 4.30. The number of hydrogen-bond donors (Lipinski definition) is 0. The summed E-state index contributed by atoms with van der Waals surface area (Å²) in [6.45, 7) is 1.42. The Labute approximate surface area is 91.3 Å². The number of carbonyl (C=O) groups is 1. The summed E-state index contributed by atoms with van der Waals surface area (Å²) in [6, 6.07) is 4.16. The van der Waals surface area contributed by atoms with Crippen molar-refractivity contribution in [1.82, 2.24) is 0 Å². The molecule has 1 nitrogen and oxygen atoms in total. The molecule has 0 unspecified atom stereocenters. The Morgan fingerprint density at radius 1 is 1.31 bits per heavy atom. The number of alkyl halides is 3. The maximum atomic E-state index is 12.7. The van der Waals surface area contributed by atoms with Gasteiger partial charge in [0, 0.05) is 0 Å². The lowest BCUT2D eigenvalue weighted by Gasteiger charge is -2.14. The topological polar surface area (TPSA) is 17.1 Å². The molecule has 0 amide bonds. The molecule has 0 saturated heterocycles. The number of hydrogen-bond acceptors (Lipinski definition) is 1. The van der Waals surface area contributed by atoms with E-state index in [-0.39, 0.29) is 5.56 Å². The summed E-state index contributed by atoms with van der Waals surface area (Å²) < 4.78 is 38.0. The first-order valence-corrected chi connectivity index (χ1v) is 5.04. The van der Waals surface area contributed by atoms with E-state index in [1.807, 2.05) is 0 Å². The molecule has 0 radical (unpaired) electrons. The summed E-state index contributed by atoms with van der Waals surface area (Å²) in [5, 5.41) is 0. The van der Waals surface area contributed by atoms with E-state index in [1.54, 1.807) is 6.07 Å². The number of carbonyl (C=O) groups excluding carboxylic acids is 1. The molecule has 1 saturated carbocycles. The Morgan fingerprint density at radius 3 is 2.38 bits per heavy atom. The van der Waals surface area contributed by atoms with Crippen molar-refractivity contribution >= 4 is 6.29 Å². The Balaban J connectivity index is 2.48. The second kappa shape index (κ2) is 3.34. The van der Waals surface area contributed by atoms with Crippen LogP contribution in [0.5, 0.6) is 0 Å². The van der Waals surface area contributed by atoms with E-state index in [4.69, 9.17) is 0 Å². The third kappa shape index (κ3) is 1.72. The van der Waals surface area contributed by atoms with Gasteiger partial charge in [0.1, 0.15) is 6.29 Å². The van der Waals surface area contributed by atoms with Crippen LogP contribution in [0.4, 0.5) is 13.2 Å². The molecule has 0 aromatic heterocycles. The Morgan fingerprint density at radius 2 is 1.94 bits per heavy atom.